The first-order chi connectivity index (χ1) is 12.5. The Bertz CT molecular complexity index is 1100. The summed E-state index contributed by atoms with van der Waals surface area (Å²) in [4.78, 5) is 17.5. The molecular formula is C19H19N4NaO2S. The van der Waals surface area contributed by atoms with Crippen molar-refractivity contribution >= 4 is 21.6 Å². The SMILES string of the molecule is Cc1c2c(=O)n(-c3nc4ccccc4s3)nc-2cc([O-])n1CCC(C)C.[Na+]. The van der Waals surface area contributed by atoms with Crippen molar-refractivity contribution in [2.45, 2.75) is 33.7 Å². The fourth-order valence-corrected chi connectivity index (χ4v) is 4.02. The smallest absolute Gasteiger partial charge is 0.860 e. The molecule has 0 N–H and O–H groups in total. The summed E-state index contributed by atoms with van der Waals surface area (Å²) in [6, 6.07) is 9.17. The van der Waals surface area contributed by atoms with Crippen LogP contribution in [0.2, 0.25) is 0 Å². The van der Waals surface area contributed by atoms with Crippen LogP contribution in [0.5, 0.6) is 5.88 Å². The summed E-state index contributed by atoms with van der Waals surface area (Å²) in [5, 5.41) is 17.4. The van der Waals surface area contributed by atoms with Gasteiger partial charge in [-0.05, 0) is 43.3 Å². The number of para-hydroxylation sites is 1. The van der Waals surface area contributed by atoms with Gasteiger partial charge < -0.3 is 9.67 Å². The summed E-state index contributed by atoms with van der Waals surface area (Å²) in [5.74, 6) is 0.360. The van der Waals surface area contributed by atoms with E-state index in [1.165, 1.54) is 22.1 Å². The minimum absolute atomic E-state index is 0. The maximum absolute atomic E-state index is 13.0. The van der Waals surface area contributed by atoms with E-state index in [-0.39, 0.29) is 41.0 Å². The van der Waals surface area contributed by atoms with Gasteiger partial charge in [0, 0.05) is 12.2 Å². The van der Waals surface area contributed by atoms with E-state index in [1.807, 2.05) is 31.2 Å². The van der Waals surface area contributed by atoms with E-state index in [9.17, 15) is 9.90 Å². The van der Waals surface area contributed by atoms with Gasteiger partial charge in [-0.3, -0.25) is 4.79 Å². The molecule has 4 rings (SSSR count). The number of benzene rings is 1. The Labute approximate surface area is 183 Å². The molecule has 0 saturated carbocycles. The third-order valence-corrected chi connectivity index (χ3v) is 5.57. The van der Waals surface area contributed by atoms with E-state index in [0.29, 0.717) is 34.5 Å². The Morgan fingerprint density at radius 1 is 1.26 bits per heavy atom. The fourth-order valence-electron chi connectivity index (χ4n) is 3.10. The number of aromatic nitrogens is 4. The number of thiazole rings is 1. The molecule has 3 heterocycles. The van der Waals surface area contributed by atoms with Gasteiger partial charge in [0.15, 0.2) is 0 Å². The van der Waals surface area contributed by atoms with Crippen LogP contribution in [0.1, 0.15) is 26.0 Å². The zero-order chi connectivity index (χ0) is 18.4. The molecule has 0 unspecified atom stereocenters. The van der Waals surface area contributed by atoms with E-state index in [2.05, 4.69) is 23.9 Å². The van der Waals surface area contributed by atoms with Gasteiger partial charge in [-0.25, -0.2) is 4.98 Å². The van der Waals surface area contributed by atoms with Crippen LogP contribution in [0, 0.1) is 12.8 Å². The van der Waals surface area contributed by atoms with Crippen LogP contribution < -0.4 is 40.2 Å². The van der Waals surface area contributed by atoms with E-state index in [1.54, 1.807) is 4.57 Å². The fraction of sp³-hybridized carbons (Fsp3) is 0.316. The van der Waals surface area contributed by atoms with Crippen LogP contribution in [0.15, 0.2) is 35.1 Å². The average Bonchev–Trinajstić information content (AvgIpc) is 3.15. The summed E-state index contributed by atoms with van der Waals surface area (Å²) in [7, 11) is 0. The van der Waals surface area contributed by atoms with Crippen molar-refractivity contribution in [1.82, 2.24) is 19.3 Å². The number of hydrogen-bond acceptors (Lipinski definition) is 5. The number of hydrogen-bond donors (Lipinski definition) is 0. The third-order valence-electron chi connectivity index (χ3n) is 4.56. The molecule has 0 spiro atoms. The van der Waals surface area contributed by atoms with E-state index < -0.39 is 0 Å². The summed E-state index contributed by atoms with van der Waals surface area (Å²) >= 11 is 1.41. The van der Waals surface area contributed by atoms with Crippen LogP contribution in [0.3, 0.4) is 0 Å². The minimum atomic E-state index is -0.227. The molecule has 134 valence electrons. The largest absolute Gasteiger partial charge is 1.00 e. The van der Waals surface area contributed by atoms with Gasteiger partial charge in [0.25, 0.3) is 5.56 Å². The van der Waals surface area contributed by atoms with Crippen LogP contribution >= 0.6 is 11.3 Å². The van der Waals surface area contributed by atoms with Crippen molar-refractivity contribution in [3.8, 4) is 22.3 Å². The number of fused-ring (bicyclic) bond motifs is 2. The first-order valence-corrected chi connectivity index (χ1v) is 9.43. The van der Waals surface area contributed by atoms with Gasteiger partial charge in [-0.2, -0.15) is 9.78 Å². The summed E-state index contributed by atoms with van der Waals surface area (Å²) in [6.45, 7) is 6.64. The van der Waals surface area contributed by atoms with Crippen molar-refractivity contribution in [2.24, 2.45) is 5.92 Å². The Hall–Kier alpha value is -1.67. The predicted molar refractivity (Wildman–Crippen MR) is 101 cm³/mol. The second kappa shape index (κ2) is 7.75. The van der Waals surface area contributed by atoms with Gasteiger partial charge in [0.2, 0.25) is 5.13 Å². The molecule has 0 aliphatic carbocycles. The van der Waals surface area contributed by atoms with Crippen LogP contribution in [-0.2, 0) is 6.54 Å². The molecular weight excluding hydrogens is 371 g/mol. The molecule has 2 aliphatic heterocycles. The van der Waals surface area contributed by atoms with Crippen molar-refractivity contribution in [1.29, 1.82) is 0 Å². The molecule has 0 radical (unpaired) electrons. The Kier molecular flexibility index (Phi) is 5.76. The molecule has 0 fully saturated rings. The molecule has 8 heteroatoms. The van der Waals surface area contributed by atoms with Crippen LogP contribution in [0.25, 0.3) is 26.6 Å². The zero-order valence-electron chi connectivity index (χ0n) is 15.9. The molecule has 2 aromatic rings. The first kappa shape index (κ1) is 20.1. The van der Waals surface area contributed by atoms with Gasteiger partial charge in [-0.1, -0.05) is 37.3 Å². The Balaban J connectivity index is 0.00000210. The molecule has 0 amide bonds. The summed E-state index contributed by atoms with van der Waals surface area (Å²) < 4.78 is 3.98. The third kappa shape index (κ3) is 3.57. The second-order valence-corrected chi connectivity index (χ2v) is 7.85. The Morgan fingerprint density at radius 3 is 2.70 bits per heavy atom. The predicted octanol–water partition coefficient (Wildman–Crippen LogP) is 0.181. The molecule has 0 atom stereocenters. The number of rotatable bonds is 4. The van der Waals surface area contributed by atoms with E-state index in [0.717, 1.165) is 16.6 Å². The molecule has 1 aromatic heterocycles. The number of nitrogens with zero attached hydrogens (tertiary/aromatic N) is 4. The topological polar surface area (TPSA) is 75.8 Å². The van der Waals surface area contributed by atoms with Crippen molar-refractivity contribution < 1.29 is 34.7 Å². The van der Waals surface area contributed by atoms with Crippen molar-refractivity contribution in [3.63, 3.8) is 0 Å². The molecule has 6 nitrogen and oxygen atoms in total. The zero-order valence-corrected chi connectivity index (χ0v) is 18.7. The maximum atomic E-state index is 13.0. The van der Waals surface area contributed by atoms with Gasteiger partial charge in [0.05, 0.1) is 21.5 Å². The maximum Gasteiger partial charge on any atom is 1.00 e. The van der Waals surface area contributed by atoms with Gasteiger partial charge >= 0.3 is 29.6 Å². The molecule has 1 aromatic carbocycles. The molecule has 27 heavy (non-hydrogen) atoms. The normalized spacial score (nSPS) is 11.4. The first-order valence-electron chi connectivity index (χ1n) is 8.62. The van der Waals surface area contributed by atoms with E-state index in [4.69, 9.17) is 0 Å². The molecule has 0 saturated heterocycles. The molecule has 2 aliphatic rings. The van der Waals surface area contributed by atoms with Crippen LogP contribution in [-0.4, -0.2) is 19.3 Å². The standard InChI is InChI=1S/C19H20N4O2S.Na/c1-11(2)8-9-22-12(3)17-14(10-16(22)24)21-23(18(17)25)19-20-13-6-4-5-7-15(13)26-19;/h4-7,10-11,24H,8-9H2,1-3H3;/q;+1/p-1. The van der Waals surface area contributed by atoms with Crippen molar-refractivity contribution in [3.05, 3.63) is 46.4 Å². The Morgan fingerprint density at radius 2 is 2.00 bits per heavy atom. The second-order valence-electron chi connectivity index (χ2n) is 6.84. The van der Waals surface area contributed by atoms with Gasteiger partial charge in [-0.15, -0.1) is 0 Å². The van der Waals surface area contributed by atoms with Crippen molar-refractivity contribution in [2.75, 3.05) is 0 Å². The van der Waals surface area contributed by atoms with Gasteiger partial charge in [0.1, 0.15) is 0 Å². The average molecular weight is 390 g/mol. The summed E-state index contributed by atoms with van der Waals surface area (Å²) in [6.07, 6.45) is 0.881. The monoisotopic (exact) mass is 390 g/mol. The molecule has 0 bridgehead atoms. The quantitative estimate of drug-likeness (QED) is 0.466. The minimum Gasteiger partial charge on any atom is -0.860 e. The number of pyridine rings is 1. The van der Waals surface area contributed by atoms with Crippen LogP contribution in [0.4, 0.5) is 0 Å². The summed E-state index contributed by atoms with van der Waals surface area (Å²) in [5.41, 5.74) is 2.20. The van der Waals surface area contributed by atoms with E-state index >= 15 is 0 Å².